The fraction of sp³-hybridized carbons (Fsp3) is 0.125. The smallest absolute Gasteiger partial charge is 0.123 e. The summed E-state index contributed by atoms with van der Waals surface area (Å²) >= 11 is 5.93. The van der Waals surface area contributed by atoms with Crippen molar-refractivity contribution in [1.29, 1.82) is 0 Å². The van der Waals surface area contributed by atoms with Crippen LogP contribution in [0.3, 0.4) is 0 Å². The van der Waals surface area contributed by atoms with E-state index >= 15 is 0 Å². The van der Waals surface area contributed by atoms with Gasteiger partial charge >= 0.3 is 0 Å². The molecule has 1 heterocycles. The van der Waals surface area contributed by atoms with Crippen LogP contribution < -0.4 is 5.73 Å². The third-order valence-corrected chi connectivity index (χ3v) is 3.61. The molecule has 0 unspecified atom stereocenters. The van der Waals surface area contributed by atoms with Gasteiger partial charge in [0.2, 0.25) is 0 Å². The van der Waals surface area contributed by atoms with Crippen LogP contribution in [0, 0.1) is 5.82 Å². The molecule has 0 amide bonds. The normalized spacial score (nSPS) is 10.9. The van der Waals surface area contributed by atoms with Crippen molar-refractivity contribution in [3.63, 3.8) is 0 Å². The van der Waals surface area contributed by atoms with Crippen LogP contribution in [0.2, 0.25) is 5.02 Å². The van der Waals surface area contributed by atoms with Gasteiger partial charge in [-0.15, -0.1) is 5.10 Å². The second kappa shape index (κ2) is 6.25. The molecule has 22 heavy (non-hydrogen) atoms. The first-order chi connectivity index (χ1) is 10.7. The molecule has 0 aliphatic carbocycles. The zero-order valence-corrected chi connectivity index (χ0v) is 12.5. The van der Waals surface area contributed by atoms with Crippen molar-refractivity contribution in [3.05, 3.63) is 70.6 Å². The highest BCUT2D eigenvalue weighted by atomic mass is 35.5. The lowest BCUT2D eigenvalue weighted by atomic mass is 10.1. The molecule has 0 aliphatic rings. The van der Waals surface area contributed by atoms with Gasteiger partial charge in [0.25, 0.3) is 0 Å². The van der Waals surface area contributed by atoms with E-state index in [0.29, 0.717) is 23.8 Å². The van der Waals surface area contributed by atoms with Crippen molar-refractivity contribution in [1.82, 2.24) is 15.0 Å². The van der Waals surface area contributed by atoms with Gasteiger partial charge in [-0.2, -0.15) is 0 Å². The molecule has 2 aromatic carbocycles. The summed E-state index contributed by atoms with van der Waals surface area (Å²) in [6.07, 6.45) is 0. The Balaban J connectivity index is 1.99. The van der Waals surface area contributed by atoms with Crippen LogP contribution >= 0.6 is 11.6 Å². The topological polar surface area (TPSA) is 56.7 Å². The Morgan fingerprint density at radius 3 is 2.36 bits per heavy atom. The zero-order valence-electron chi connectivity index (χ0n) is 11.7. The van der Waals surface area contributed by atoms with Crippen LogP contribution in [-0.2, 0) is 13.1 Å². The molecule has 3 aromatic rings. The van der Waals surface area contributed by atoms with Crippen LogP contribution in [0.5, 0.6) is 0 Å². The average molecular weight is 317 g/mol. The molecule has 3 rings (SSSR count). The van der Waals surface area contributed by atoms with Crippen LogP contribution in [-0.4, -0.2) is 15.0 Å². The number of nitrogens with zero attached hydrogens (tertiary/aromatic N) is 3. The molecule has 112 valence electrons. The van der Waals surface area contributed by atoms with Gasteiger partial charge in [0.15, 0.2) is 0 Å². The van der Waals surface area contributed by atoms with E-state index in [9.17, 15) is 4.39 Å². The summed E-state index contributed by atoms with van der Waals surface area (Å²) in [7, 11) is 0. The van der Waals surface area contributed by atoms with Gasteiger partial charge in [0.05, 0.1) is 12.2 Å². The van der Waals surface area contributed by atoms with E-state index in [0.717, 1.165) is 16.8 Å². The quantitative estimate of drug-likeness (QED) is 0.804. The van der Waals surface area contributed by atoms with Gasteiger partial charge in [-0.05, 0) is 29.8 Å². The number of halogens is 2. The lowest BCUT2D eigenvalue weighted by Crippen LogP contribution is -2.05. The minimum Gasteiger partial charge on any atom is -0.325 e. The molecule has 0 radical (unpaired) electrons. The zero-order chi connectivity index (χ0) is 15.5. The van der Waals surface area contributed by atoms with E-state index in [1.165, 1.54) is 12.1 Å². The Labute approximate surface area is 132 Å². The predicted octanol–water partition coefficient (Wildman–Crippen LogP) is 3.24. The summed E-state index contributed by atoms with van der Waals surface area (Å²) in [5, 5.41) is 8.95. The number of hydrogen-bond acceptors (Lipinski definition) is 3. The number of hydrogen-bond donors (Lipinski definition) is 1. The van der Waals surface area contributed by atoms with E-state index in [1.807, 2.05) is 24.3 Å². The minimum atomic E-state index is -0.261. The molecule has 6 heteroatoms. The van der Waals surface area contributed by atoms with Gasteiger partial charge < -0.3 is 5.73 Å². The highest BCUT2D eigenvalue weighted by molar-refractivity contribution is 6.30. The molecular weight excluding hydrogens is 303 g/mol. The fourth-order valence-corrected chi connectivity index (χ4v) is 2.41. The molecule has 0 saturated heterocycles. The largest absolute Gasteiger partial charge is 0.325 e. The van der Waals surface area contributed by atoms with E-state index in [-0.39, 0.29) is 5.82 Å². The SMILES string of the molecule is NCc1nnn(Cc2ccc(F)cc2)c1-c1ccc(Cl)cc1. The van der Waals surface area contributed by atoms with Gasteiger partial charge in [0, 0.05) is 17.1 Å². The molecule has 0 fully saturated rings. The standard InChI is InChI=1S/C16H14ClFN4/c17-13-5-3-12(4-6-13)16-15(9-19)20-21-22(16)10-11-1-7-14(18)8-2-11/h1-8H,9-10,19H2. The van der Waals surface area contributed by atoms with Crippen LogP contribution in [0.1, 0.15) is 11.3 Å². The summed E-state index contributed by atoms with van der Waals surface area (Å²) in [5.74, 6) is -0.261. The lowest BCUT2D eigenvalue weighted by molar-refractivity contribution is 0.622. The second-order valence-corrected chi connectivity index (χ2v) is 5.32. The lowest BCUT2D eigenvalue weighted by Gasteiger charge is -2.08. The van der Waals surface area contributed by atoms with Gasteiger partial charge in [-0.3, -0.25) is 0 Å². The summed E-state index contributed by atoms with van der Waals surface area (Å²) in [5.41, 5.74) is 9.19. The van der Waals surface area contributed by atoms with E-state index in [4.69, 9.17) is 17.3 Å². The van der Waals surface area contributed by atoms with Crippen molar-refractivity contribution in [3.8, 4) is 11.3 Å². The van der Waals surface area contributed by atoms with Crippen molar-refractivity contribution >= 4 is 11.6 Å². The molecule has 4 nitrogen and oxygen atoms in total. The Kier molecular flexibility index (Phi) is 4.18. The van der Waals surface area contributed by atoms with Crippen molar-refractivity contribution in [2.24, 2.45) is 5.73 Å². The van der Waals surface area contributed by atoms with E-state index in [2.05, 4.69) is 10.3 Å². The maximum Gasteiger partial charge on any atom is 0.123 e. The third-order valence-electron chi connectivity index (χ3n) is 3.36. The van der Waals surface area contributed by atoms with Gasteiger partial charge in [-0.25, -0.2) is 9.07 Å². The Morgan fingerprint density at radius 1 is 1.05 bits per heavy atom. The minimum absolute atomic E-state index is 0.261. The van der Waals surface area contributed by atoms with Crippen molar-refractivity contribution < 1.29 is 4.39 Å². The van der Waals surface area contributed by atoms with Crippen LogP contribution in [0.25, 0.3) is 11.3 Å². The summed E-state index contributed by atoms with van der Waals surface area (Å²) in [6, 6.07) is 13.7. The Bertz CT molecular complexity index is 766. The number of benzene rings is 2. The molecule has 0 aliphatic heterocycles. The second-order valence-electron chi connectivity index (χ2n) is 4.88. The maximum atomic E-state index is 13.0. The molecule has 0 bridgehead atoms. The highest BCUT2D eigenvalue weighted by Crippen LogP contribution is 2.24. The molecular formula is C16H14ClFN4. The highest BCUT2D eigenvalue weighted by Gasteiger charge is 2.14. The Morgan fingerprint density at radius 2 is 1.73 bits per heavy atom. The average Bonchev–Trinajstić information content (AvgIpc) is 2.93. The monoisotopic (exact) mass is 316 g/mol. The van der Waals surface area contributed by atoms with Crippen molar-refractivity contribution in [2.75, 3.05) is 0 Å². The molecule has 2 N–H and O–H groups in total. The maximum absolute atomic E-state index is 13.0. The number of aromatic nitrogens is 3. The molecule has 0 atom stereocenters. The number of nitrogens with two attached hydrogens (primary N) is 1. The molecule has 0 spiro atoms. The summed E-state index contributed by atoms with van der Waals surface area (Å²) in [6.45, 7) is 0.784. The Hall–Kier alpha value is -2.24. The van der Waals surface area contributed by atoms with Crippen LogP contribution in [0.4, 0.5) is 4.39 Å². The first-order valence-corrected chi connectivity index (χ1v) is 7.18. The first kappa shape index (κ1) is 14.7. The first-order valence-electron chi connectivity index (χ1n) is 6.80. The molecule has 0 saturated carbocycles. The van der Waals surface area contributed by atoms with Crippen molar-refractivity contribution in [2.45, 2.75) is 13.1 Å². The molecule has 1 aromatic heterocycles. The summed E-state index contributed by atoms with van der Waals surface area (Å²) in [4.78, 5) is 0. The fourth-order valence-electron chi connectivity index (χ4n) is 2.28. The van der Waals surface area contributed by atoms with Gasteiger partial charge in [0.1, 0.15) is 11.5 Å². The van der Waals surface area contributed by atoms with Gasteiger partial charge in [-0.1, -0.05) is 41.1 Å². The number of rotatable bonds is 4. The van der Waals surface area contributed by atoms with Crippen LogP contribution in [0.15, 0.2) is 48.5 Å². The third kappa shape index (κ3) is 3.00. The van der Waals surface area contributed by atoms with E-state index in [1.54, 1.807) is 16.8 Å². The van der Waals surface area contributed by atoms with E-state index < -0.39 is 0 Å². The predicted molar refractivity (Wildman–Crippen MR) is 83.9 cm³/mol. The summed E-state index contributed by atoms with van der Waals surface area (Å²) < 4.78 is 14.8.